The standard InChI is InChI=1S/C19H16IN5O2S/c20-13-6-7-15-14(8-13)18(27)25(10-12-4-2-1-3-5-12)19(22-15)28-11-16-23-17(26)9-21-24-16/h1-8,21H,9-11H2,(H,23,24,26). The van der Waals surface area contributed by atoms with Gasteiger partial charge in [0.1, 0.15) is 12.4 Å². The Hall–Kier alpha value is -2.40. The van der Waals surface area contributed by atoms with Gasteiger partial charge in [-0.3, -0.25) is 19.6 Å². The molecule has 0 unspecified atom stereocenters. The highest BCUT2D eigenvalue weighted by Crippen LogP contribution is 2.20. The van der Waals surface area contributed by atoms with Crippen LogP contribution in [0.1, 0.15) is 5.56 Å². The molecule has 0 fully saturated rings. The van der Waals surface area contributed by atoms with Crippen molar-refractivity contribution in [2.24, 2.45) is 5.10 Å². The predicted molar refractivity (Wildman–Crippen MR) is 119 cm³/mol. The van der Waals surface area contributed by atoms with Crippen LogP contribution < -0.4 is 16.3 Å². The van der Waals surface area contributed by atoms with E-state index in [2.05, 4.69) is 38.4 Å². The number of hydrogen-bond acceptors (Lipinski definition) is 6. The van der Waals surface area contributed by atoms with Gasteiger partial charge in [0.2, 0.25) is 5.91 Å². The Bertz CT molecular complexity index is 1130. The molecule has 142 valence electrons. The molecule has 0 bridgehead atoms. The minimum absolute atomic E-state index is 0.0809. The molecule has 0 atom stereocenters. The summed E-state index contributed by atoms with van der Waals surface area (Å²) in [6.07, 6.45) is 0. The fourth-order valence-corrected chi connectivity index (χ4v) is 4.19. The van der Waals surface area contributed by atoms with Crippen molar-refractivity contribution in [1.29, 1.82) is 0 Å². The zero-order valence-electron chi connectivity index (χ0n) is 14.7. The maximum absolute atomic E-state index is 13.2. The van der Waals surface area contributed by atoms with Crippen molar-refractivity contribution in [1.82, 2.24) is 20.3 Å². The first kappa shape index (κ1) is 18.9. The van der Waals surface area contributed by atoms with E-state index in [9.17, 15) is 9.59 Å². The van der Waals surface area contributed by atoms with Crippen LogP contribution in [0.3, 0.4) is 0 Å². The Morgan fingerprint density at radius 1 is 1.14 bits per heavy atom. The summed E-state index contributed by atoms with van der Waals surface area (Å²) in [4.78, 5) is 29.4. The summed E-state index contributed by atoms with van der Waals surface area (Å²) in [6, 6.07) is 15.4. The SMILES string of the molecule is O=C1CNN=C(CSc2nc3ccc(I)cc3c(=O)n2Cc2ccccc2)N1. The van der Waals surface area contributed by atoms with Crippen LogP contribution in [0.15, 0.2) is 63.6 Å². The molecule has 0 aliphatic carbocycles. The van der Waals surface area contributed by atoms with Crippen LogP contribution in [0.25, 0.3) is 10.9 Å². The third kappa shape index (κ3) is 4.20. The Kier molecular flexibility index (Phi) is 5.62. The molecule has 1 aliphatic rings. The summed E-state index contributed by atoms with van der Waals surface area (Å²) in [7, 11) is 0. The average molecular weight is 505 g/mol. The number of nitrogens with one attached hydrogen (secondary N) is 2. The molecule has 4 rings (SSSR count). The van der Waals surface area contributed by atoms with Gasteiger partial charge in [0.25, 0.3) is 5.56 Å². The molecule has 28 heavy (non-hydrogen) atoms. The maximum atomic E-state index is 13.2. The second-order valence-electron chi connectivity index (χ2n) is 6.16. The van der Waals surface area contributed by atoms with E-state index < -0.39 is 0 Å². The highest BCUT2D eigenvalue weighted by Gasteiger charge is 2.16. The number of carbonyl (C=O) groups is 1. The van der Waals surface area contributed by atoms with Crippen molar-refractivity contribution in [3.05, 3.63) is 68.0 Å². The van der Waals surface area contributed by atoms with E-state index in [4.69, 9.17) is 4.98 Å². The zero-order valence-corrected chi connectivity index (χ0v) is 17.7. The number of benzene rings is 2. The zero-order chi connectivity index (χ0) is 19.5. The van der Waals surface area contributed by atoms with Crippen LogP contribution >= 0.6 is 34.4 Å². The molecule has 0 spiro atoms. The molecule has 0 saturated heterocycles. The minimum atomic E-state index is -0.131. The number of fused-ring (bicyclic) bond motifs is 1. The van der Waals surface area contributed by atoms with E-state index in [1.54, 1.807) is 4.57 Å². The largest absolute Gasteiger partial charge is 0.310 e. The molecule has 2 heterocycles. The number of nitrogens with zero attached hydrogens (tertiary/aromatic N) is 3. The highest BCUT2D eigenvalue weighted by molar-refractivity contribution is 14.1. The summed E-state index contributed by atoms with van der Waals surface area (Å²) in [5.74, 6) is 0.785. The molecular weight excluding hydrogens is 489 g/mol. The lowest BCUT2D eigenvalue weighted by atomic mass is 10.2. The van der Waals surface area contributed by atoms with Crippen molar-refractivity contribution in [2.45, 2.75) is 11.7 Å². The molecule has 0 radical (unpaired) electrons. The topological polar surface area (TPSA) is 88.4 Å². The number of hydrogen-bond donors (Lipinski definition) is 2. The third-order valence-electron chi connectivity index (χ3n) is 4.14. The normalized spacial score (nSPS) is 13.8. The van der Waals surface area contributed by atoms with Crippen molar-refractivity contribution in [2.75, 3.05) is 12.3 Å². The Labute approximate surface area is 178 Å². The second kappa shape index (κ2) is 8.31. The first-order chi connectivity index (χ1) is 13.6. The lowest BCUT2D eigenvalue weighted by Gasteiger charge is -2.16. The summed E-state index contributed by atoms with van der Waals surface area (Å²) >= 11 is 3.56. The van der Waals surface area contributed by atoms with Crippen LogP contribution in [-0.4, -0.2) is 33.6 Å². The van der Waals surface area contributed by atoms with E-state index in [1.165, 1.54) is 11.8 Å². The number of amides is 1. The molecule has 1 aliphatic heterocycles. The summed E-state index contributed by atoms with van der Waals surface area (Å²) in [5.41, 5.74) is 4.29. The molecule has 1 amide bonds. The number of halogens is 1. The van der Waals surface area contributed by atoms with Crippen LogP contribution in [0, 0.1) is 3.57 Å². The van der Waals surface area contributed by atoms with Crippen LogP contribution in [0.4, 0.5) is 0 Å². The first-order valence-corrected chi connectivity index (χ1v) is 10.6. The summed E-state index contributed by atoms with van der Waals surface area (Å²) < 4.78 is 2.66. The Morgan fingerprint density at radius 2 is 1.96 bits per heavy atom. The van der Waals surface area contributed by atoms with Gasteiger partial charge in [0, 0.05) is 3.57 Å². The van der Waals surface area contributed by atoms with Crippen molar-refractivity contribution >= 4 is 57.0 Å². The van der Waals surface area contributed by atoms with Crippen LogP contribution in [-0.2, 0) is 11.3 Å². The van der Waals surface area contributed by atoms with E-state index >= 15 is 0 Å². The fraction of sp³-hybridized carbons (Fsp3) is 0.158. The number of hydrazone groups is 1. The van der Waals surface area contributed by atoms with Gasteiger partial charge in [-0.05, 0) is 46.4 Å². The van der Waals surface area contributed by atoms with E-state index in [-0.39, 0.29) is 18.0 Å². The average Bonchev–Trinajstić information content (AvgIpc) is 2.70. The molecule has 7 nitrogen and oxygen atoms in total. The van der Waals surface area contributed by atoms with Crippen LogP contribution in [0.2, 0.25) is 0 Å². The molecule has 2 N–H and O–H groups in total. The lowest BCUT2D eigenvalue weighted by Crippen LogP contribution is -2.43. The number of thioether (sulfide) groups is 1. The molecule has 3 aromatic rings. The monoisotopic (exact) mass is 505 g/mol. The van der Waals surface area contributed by atoms with Crippen molar-refractivity contribution in [3.8, 4) is 0 Å². The van der Waals surface area contributed by atoms with E-state index in [1.807, 2.05) is 48.5 Å². The number of carbonyl (C=O) groups excluding carboxylic acids is 1. The van der Waals surface area contributed by atoms with Crippen LogP contribution in [0.5, 0.6) is 0 Å². The minimum Gasteiger partial charge on any atom is -0.310 e. The molecule has 9 heteroatoms. The molecular formula is C19H16IN5O2S. The van der Waals surface area contributed by atoms with E-state index in [0.29, 0.717) is 34.2 Å². The van der Waals surface area contributed by atoms with Crippen molar-refractivity contribution < 1.29 is 4.79 Å². The number of amidine groups is 1. The molecule has 2 aromatic carbocycles. The van der Waals surface area contributed by atoms with Gasteiger partial charge >= 0.3 is 0 Å². The number of rotatable bonds is 5. The van der Waals surface area contributed by atoms with Gasteiger partial charge in [-0.1, -0.05) is 42.1 Å². The number of aromatic nitrogens is 2. The van der Waals surface area contributed by atoms with Gasteiger partial charge in [-0.15, -0.1) is 0 Å². The Morgan fingerprint density at radius 3 is 2.75 bits per heavy atom. The summed E-state index contributed by atoms with van der Waals surface area (Å²) in [5, 5.41) is 8.01. The Balaban J connectivity index is 1.73. The molecule has 1 aromatic heterocycles. The van der Waals surface area contributed by atoms with Gasteiger partial charge < -0.3 is 5.32 Å². The van der Waals surface area contributed by atoms with Gasteiger partial charge in [-0.2, -0.15) is 5.10 Å². The second-order valence-corrected chi connectivity index (χ2v) is 8.35. The van der Waals surface area contributed by atoms with Crippen molar-refractivity contribution in [3.63, 3.8) is 0 Å². The van der Waals surface area contributed by atoms with Gasteiger partial charge in [0.15, 0.2) is 5.16 Å². The predicted octanol–water partition coefficient (Wildman–Crippen LogP) is 2.17. The highest BCUT2D eigenvalue weighted by atomic mass is 127. The fourth-order valence-electron chi connectivity index (χ4n) is 2.83. The molecule has 0 saturated carbocycles. The lowest BCUT2D eigenvalue weighted by molar-refractivity contribution is -0.119. The quantitative estimate of drug-likeness (QED) is 0.316. The van der Waals surface area contributed by atoms with E-state index in [0.717, 1.165) is 9.13 Å². The smallest absolute Gasteiger partial charge is 0.262 e. The third-order valence-corrected chi connectivity index (χ3v) is 5.80. The summed E-state index contributed by atoms with van der Waals surface area (Å²) in [6.45, 7) is 0.591. The van der Waals surface area contributed by atoms with Gasteiger partial charge in [-0.25, -0.2) is 4.98 Å². The van der Waals surface area contributed by atoms with Gasteiger partial charge in [0.05, 0.1) is 23.2 Å². The first-order valence-electron chi connectivity index (χ1n) is 8.56. The maximum Gasteiger partial charge on any atom is 0.262 e.